The fourth-order valence-electron chi connectivity index (χ4n) is 4.54. The fraction of sp³-hybridized carbons (Fsp3) is 0.310. The lowest BCUT2D eigenvalue weighted by Crippen LogP contribution is -2.57. The van der Waals surface area contributed by atoms with Crippen molar-refractivity contribution in [3.63, 3.8) is 0 Å². The summed E-state index contributed by atoms with van der Waals surface area (Å²) in [6, 6.07) is 14.4. The van der Waals surface area contributed by atoms with E-state index in [4.69, 9.17) is 21.1 Å². The van der Waals surface area contributed by atoms with Crippen molar-refractivity contribution in [2.24, 2.45) is 10.9 Å². The van der Waals surface area contributed by atoms with Gasteiger partial charge in [0.15, 0.2) is 5.82 Å². The van der Waals surface area contributed by atoms with Crippen molar-refractivity contribution in [3.8, 4) is 11.6 Å². The van der Waals surface area contributed by atoms with Crippen LogP contribution in [0.4, 0.5) is 10.1 Å². The van der Waals surface area contributed by atoms with Gasteiger partial charge in [0.25, 0.3) is 11.8 Å². The van der Waals surface area contributed by atoms with E-state index in [9.17, 15) is 14.0 Å². The second kappa shape index (κ2) is 12.4. The largest absolute Gasteiger partial charge is 0.436 e. The van der Waals surface area contributed by atoms with Crippen molar-refractivity contribution in [3.05, 3.63) is 82.8 Å². The van der Waals surface area contributed by atoms with Crippen LogP contribution in [0.1, 0.15) is 24.0 Å². The molecule has 40 heavy (non-hydrogen) atoms. The molecule has 1 unspecified atom stereocenters. The Bertz CT molecular complexity index is 1410. The first-order valence-electron chi connectivity index (χ1n) is 13.0. The minimum atomic E-state index is -0.779. The van der Waals surface area contributed by atoms with Crippen LogP contribution >= 0.6 is 11.6 Å². The first kappa shape index (κ1) is 27.5. The SMILES string of the molecule is Cc1cc(NC2=NCC(NC(=O)C3CCOCC3)C(=O)N2Cc2ccc(Cl)cc2)ccc1Oc1ncccc1F. The van der Waals surface area contributed by atoms with Gasteiger partial charge in [0.2, 0.25) is 11.9 Å². The highest BCUT2D eigenvalue weighted by Gasteiger charge is 2.35. The summed E-state index contributed by atoms with van der Waals surface area (Å²) in [7, 11) is 0. The van der Waals surface area contributed by atoms with E-state index in [-0.39, 0.29) is 36.7 Å². The highest BCUT2D eigenvalue weighted by Crippen LogP contribution is 2.28. The van der Waals surface area contributed by atoms with Crippen LogP contribution in [0.2, 0.25) is 5.02 Å². The van der Waals surface area contributed by atoms with Crippen LogP contribution in [-0.2, 0) is 20.9 Å². The molecule has 2 aliphatic rings. The van der Waals surface area contributed by atoms with E-state index in [2.05, 4.69) is 20.6 Å². The Hall–Kier alpha value is -4.02. The van der Waals surface area contributed by atoms with Crippen molar-refractivity contribution in [2.75, 3.05) is 25.1 Å². The van der Waals surface area contributed by atoms with Gasteiger partial charge in [0.1, 0.15) is 11.8 Å². The van der Waals surface area contributed by atoms with Gasteiger partial charge >= 0.3 is 0 Å². The quantitative estimate of drug-likeness (QED) is 0.430. The normalized spacial score (nSPS) is 17.8. The number of carbonyl (C=O) groups is 2. The summed E-state index contributed by atoms with van der Waals surface area (Å²) in [6.07, 6.45) is 2.71. The molecule has 0 radical (unpaired) electrons. The Kier molecular flexibility index (Phi) is 8.57. The average molecular weight is 566 g/mol. The van der Waals surface area contributed by atoms with E-state index in [1.165, 1.54) is 23.2 Å². The summed E-state index contributed by atoms with van der Waals surface area (Å²) in [6.45, 7) is 3.22. The van der Waals surface area contributed by atoms with E-state index in [1.807, 2.05) is 25.1 Å². The number of nitrogens with zero attached hydrogens (tertiary/aromatic N) is 3. The number of amides is 2. The smallest absolute Gasteiger partial charge is 0.255 e. The summed E-state index contributed by atoms with van der Waals surface area (Å²) in [5.74, 6) is -0.491. The highest BCUT2D eigenvalue weighted by molar-refractivity contribution is 6.30. The number of halogens is 2. The first-order valence-corrected chi connectivity index (χ1v) is 13.4. The monoisotopic (exact) mass is 565 g/mol. The van der Waals surface area contributed by atoms with E-state index < -0.39 is 11.9 Å². The molecule has 3 aromatic rings. The molecule has 2 aliphatic heterocycles. The van der Waals surface area contributed by atoms with Crippen LogP contribution in [0.25, 0.3) is 0 Å². The van der Waals surface area contributed by atoms with Gasteiger partial charge in [-0.1, -0.05) is 23.7 Å². The predicted octanol–water partition coefficient (Wildman–Crippen LogP) is 4.70. The number of guanidine groups is 1. The third-order valence-corrected chi connectivity index (χ3v) is 7.02. The Balaban J connectivity index is 1.34. The highest BCUT2D eigenvalue weighted by atomic mass is 35.5. The molecule has 2 aromatic carbocycles. The molecule has 1 fully saturated rings. The zero-order valence-electron chi connectivity index (χ0n) is 21.9. The molecule has 5 rings (SSSR count). The average Bonchev–Trinajstić information content (AvgIpc) is 2.96. The topological polar surface area (TPSA) is 105 Å². The number of rotatable bonds is 7. The van der Waals surface area contributed by atoms with Gasteiger partial charge in [0.05, 0.1) is 13.1 Å². The van der Waals surface area contributed by atoms with Gasteiger partial charge in [-0.2, -0.15) is 0 Å². The molecule has 0 bridgehead atoms. The number of aromatic nitrogens is 1. The number of anilines is 1. The molecule has 0 spiro atoms. The maximum absolute atomic E-state index is 14.0. The van der Waals surface area contributed by atoms with E-state index in [1.54, 1.807) is 24.3 Å². The summed E-state index contributed by atoms with van der Waals surface area (Å²) in [4.78, 5) is 36.6. The number of benzene rings is 2. The van der Waals surface area contributed by atoms with Gasteiger partial charge in [-0.25, -0.2) is 14.4 Å². The molecule has 2 amide bonds. The number of pyridine rings is 1. The minimum Gasteiger partial charge on any atom is -0.436 e. The molecule has 3 heterocycles. The first-order chi connectivity index (χ1) is 19.4. The summed E-state index contributed by atoms with van der Waals surface area (Å²) in [5.41, 5.74) is 2.23. The van der Waals surface area contributed by atoms with Gasteiger partial charge < -0.3 is 20.1 Å². The number of hydrogen-bond donors (Lipinski definition) is 2. The fourth-order valence-corrected chi connectivity index (χ4v) is 4.67. The maximum atomic E-state index is 14.0. The van der Waals surface area contributed by atoms with Crippen LogP contribution in [0.3, 0.4) is 0 Å². The van der Waals surface area contributed by atoms with Gasteiger partial charge in [-0.3, -0.25) is 14.5 Å². The van der Waals surface area contributed by atoms with Crippen molar-refractivity contribution in [1.29, 1.82) is 0 Å². The molecule has 0 aliphatic carbocycles. The third-order valence-electron chi connectivity index (χ3n) is 6.77. The molecule has 1 aromatic heterocycles. The molecule has 2 N–H and O–H groups in total. The van der Waals surface area contributed by atoms with Crippen LogP contribution in [0, 0.1) is 18.7 Å². The molecule has 11 heteroatoms. The Morgan fingerprint density at radius 1 is 1.18 bits per heavy atom. The van der Waals surface area contributed by atoms with Crippen LogP contribution in [0.5, 0.6) is 11.6 Å². The van der Waals surface area contributed by atoms with Crippen molar-refractivity contribution in [1.82, 2.24) is 15.2 Å². The summed E-state index contributed by atoms with van der Waals surface area (Å²) < 4.78 is 25.0. The molecule has 1 atom stereocenters. The Labute approximate surface area is 236 Å². The minimum absolute atomic E-state index is 0.104. The van der Waals surface area contributed by atoms with Crippen LogP contribution in [0.15, 0.2) is 65.8 Å². The number of aryl methyl sites for hydroxylation is 1. The van der Waals surface area contributed by atoms with Gasteiger partial charge in [0, 0.05) is 36.0 Å². The van der Waals surface area contributed by atoms with Crippen LogP contribution < -0.4 is 15.4 Å². The predicted molar refractivity (Wildman–Crippen MR) is 149 cm³/mol. The number of aliphatic imine (C=N–C) groups is 1. The summed E-state index contributed by atoms with van der Waals surface area (Å²) >= 11 is 6.05. The van der Waals surface area contributed by atoms with Crippen molar-refractivity contribution < 1.29 is 23.5 Å². The number of nitrogens with one attached hydrogen (secondary N) is 2. The van der Waals surface area contributed by atoms with E-state index in [0.29, 0.717) is 48.5 Å². The standard InChI is InChI=1S/C29H29ClFN5O4/c1-18-15-22(8-9-25(18)40-27-23(31)3-2-12-32-27)34-29-33-16-24(35-26(37)20-10-13-39-14-11-20)28(38)36(29)17-19-4-6-21(30)7-5-19/h2-9,12,15,20,24H,10-11,13-14,16-17H2,1H3,(H,33,34)(H,35,37). The molecule has 0 saturated carbocycles. The molecular weight excluding hydrogens is 537 g/mol. The number of hydrogen-bond acceptors (Lipinski definition) is 7. The Morgan fingerprint density at radius 2 is 1.95 bits per heavy atom. The number of ether oxygens (including phenoxy) is 2. The molecular formula is C29H29ClFN5O4. The second-order valence-corrected chi connectivity index (χ2v) is 10.1. The lowest BCUT2D eigenvalue weighted by Gasteiger charge is -2.33. The molecule has 208 valence electrons. The van der Waals surface area contributed by atoms with Crippen molar-refractivity contribution in [2.45, 2.75) is 32.4 Å². The zero-order valence-corrected chi connectivity index (χ0v) is 22.7. The van der Waals surface area contributed by atoms with Crippen LogP contribution in [-0.4, -0.2) is 53.5 Å². The third kappa shape index (κ3) is 6.57. The maximum Gasteiger partial charge on any atom is 0.255 e. The molecule has 9 nitrogen and oxygen atoms in total. The Morgan fingerprint density at radius 3 is 2.67 bits per heavy atom. The molecule has 1 saturated heterocycles. The van der Waals surface area contributed by atoms with E-state index in [0.717, 1.165) is 11.1 Å². The van der Waals surface area contributed by atoms with E-state index >= 15 is 0 Å². The second-order valence-electron chi connectivity index (χ2n) is 9.66. The zero-order chi connectivity index (χ0) is 28.1. The summed E-state index contributed by atoms with van der Waals surface area (Å²) in [5, 5.41) is 6.71. The lowest BCUT2D eigenvalue weighted by molar-refractivity contribution is -0.136. The number of carbonyl (C=O) groups excluding carboxylic acids is 2. The van der Waals surface area contributed by atoms with Crippen molar-refractivity contribution >= 4 is 35.1 Å². The van der Waals surface area contributed by atoms with Gasteiger partial charge in [-0.15, -0.1) is 0 Å². The van der Waals surface area contributed by atoms with Gasteiger partial charge in [-0.05, 0) is 73.4 Å². The lowest BCUT2D eigenvalue weighted by atomic mass is 9.99.